The Kier molecular flexibility index (Phi) is 5.47. The summed E-state index contributed by atoms with van der Waals surface area (Å²) in [5.74, 6) is 1.43. The first-order valence-electron chi connectivity index (χ1n) is 13.8. The third-order valence-electron chi connectivity index (χ3n) is 7.91. The van der Waals surface area contributed by atoms with Gasteiger partial charge >= 0.3 is 0 Å². The molecule has 7 aromatic rings. The number of H-pyrrole nitrogens is 2. The van der Waals surface area contributed by atoms with Crippen molar-refractivity contribution >= 4 is 33.8 Å². The van der Waals surface area contributed by atoms with E-state index in [9.17, 15) is 9.59 Å². The van der Waals surface area contributed by atoms with Crippen molar-refractivity contribution in [3.05, 3.63) is 112 Å². The van der Waals surface area contributed by atoms with Gasteiger partial charge in [0, 0.05) is 29.8 Å². The van der Waals surface area contributed by atoms with Crippen LogP contribution in [0.4, 0.5) is 5.82 Å². The molecule has 0 aliphatic heterocycles. The fourth-order valence-corrected chi connectivity index (χ4v) is 5.82. The van der Waals surface area contributed by atoms with Crippen molar-refractivity contribution in [3.8, 4) is 22.9 Å². The van der Waals surface area contributed by atoms with Crippen LogP contribution in [0.15, 0.2) is 90.1 Å². The molecule has 2 aromatic carbocycles. The van der Waals surface area contributed by atoms with E-state index in [0.29, 0.717) is 50.7 Å². The van der Waals surface area contributed by atoms with Crippen molar-refractivity contribution in [2.75, 3.05) is 5.73 Å². The van der Waals surface area contributed by atoms with Crippen molar-refractivity contribution in [2.24, 2.45) is 0 Å². The van der Waals surface area contributed by atoms with E-state index in [-0.39, 0.29) is 17.5 Å². The Morgan fingerprint density at radius 3 is 2.79 bits per heavy atom. The molecule has 1 amide bonds. The second-order valence-electron chi connectivity index (χ2n) is 10.5. The van der Waals surface area contributed by atoms with Crippen LogP contribution in [0, 0.1) is 0 Å². The molecular formula is C31H24N10O2. The molecule has 8 rings (SSSR count). The molecule has 1 aliphatic carbocycles. The third kappa shape index (κ3) is 4.07. The van der Waals surface area contributed by atoms with E-state index in [1.165, 1.54) is 0 Å². The predicted octanol–water partition coefficient (Wildman–Crippen LogP) is 3.84. The molecule has 0 saturated heterocycles. The number of nitrogen functional groups attached to an aromatic ring is 1. The summed E-state index contributed by atoms with van der Waals surface area (Å²) in [5, 5.41) is 13.3. The van der Waals surface area contributed by atoms with Crippen LogP contribution < -0.4 is 16.6 Å². The Balaban J connectivity index is 1.18. The maximum Gasteiger partial charge on any atom is 0.271 e. The van der Waals surface area contributed by atoms with Gasteiger partial charge in [-0.25, -0.2) is 19.6 Å². The number of amides is 1. The molecule has 12 heteroatoms. The van der Waals surface area contributed by atoms with Crippen LogP contribution in [0.5, 0.6) is 0 Å². The minimum absolute atomic E-state index is 0.158. The van der Waals surface area contributed by atoms with Crippen molar-refractivity contribution in [3.63, 3.8) is 0 Å². The van der Waals surface area contributed by atoms with Crippen LogP contribution in [0.1, 0.15) is 33.9 Å². The molecule has 1 atom stereocenters. The number of fused-ring (bicyclic) bond motifs is 3. The molecule has 1 aliphatic rings. The smallest absolute Gasteiger partial charge is 0.271 e. The van der Waals surface area contributed by atoms with Gasteiger partial charge < -0.3 is 11.1 Å². The van der Waals surface area contributed by atoms with Gasteiger partial charge in [-0.15, -0.1) is 0 Å². The number of aromatic nitrogens is 8. The number of rotatable bonds is 5. The highest BCUT2D eigenvalue weighted by atomic mass is 16.1. The van der Waals surface area contributed by atoms with E-state index < -0.39 is 0 Å². The zero-order valence-electron chi connectivity index (χ0n) is 22.7. The van der Waals surface area contributed by atoms with Crippen LogP contribution >= 0.6 is 0 Å². The number of benzene rings is 2. The summed E-state index contributed by atoms with van der Waals surface area (Å²) in [6.45, 7) is 0. The lowest BCUT2D eigenvalue weighted by molar-refractivity contribution is 0.0937. The molecule has 5 N–H and O–H groups in total. The average molecular weight is 569 g/mol. The lowest BCUT2D eigenvalue weighted by Crippen LogP contribution is -2.27. The first-order valence-corrected chi connectivity index (χ1v) is 13.8. The number of nitrogens with two attached hydrogens (primary N) is 1. The van der Waals surface area contributed by atoms with Gasteiger partial charge in [-0.1, -0.05) is 6.07 Å². The molecule has 12 nitrogen and oxygen atoms in total. The van der Waals surface area contributed by atoms with Gasteiger partial charge in [0.25, 0.3) is 11.5 Å². The van der Waals surface area contributed by atoms with E-state index in [1.54, 1.807) is 35.3 Å². The van der Waals surface area contributed by atoms with Gasteiger partial charge in [0.2, 0.25) is 0 Å². The van der Waals surface area contributed by atoms with Crippen molar-refractivity contribution < 1.29 is 4.79 Å². The van der Waals surface area contributed by atoms with Crippen molar-refractivity contribution in [1.29, 1.82) is 0 Å². The first kappa shape index (κ1) is 24.7. The quantitative estimate of drug-likeness (QED) is 0.245. The summed E-state index contributed by atoms with van der Waals surface area (Å²) in [7, 11) is 0. The molecule has 0 radical (unpaired) electrons. The van der Waals surface area contributed by atoms with Crippen molar-refractivity contribution in [1.82, 2.24) is 44.8 Å². The van der Waals surface area contributed by atoms with Crippen LogP contribution in [-0.4, -0.2) is 45.4 Å². The van der Waals surface area contributed by atoms with Crippen LogP contribution in [0.25, 0.3) is 45.0 Å². The number of aryl methyl sites for hydroxylation is 1. The standard InChI is InChI=1S/C31H24N10O2/c32-27-21(3-1-12-33-27)28-35-25-10-11-26(40-14-2-13-34-40)37-29(25)41(28)19-6-7-20-17(15-19)4-8-23(20)36-30(42)18-5-9-24-22(16-18)31(43)39-38-24/h1-3,5-7,9-16,23H,4,8H2,(H2,32,33)(H,36,42)(H2,38,39,43)/t23-/m0/s1. The van der Waals surface area contributed by atoms with Gasteiger partial charge in [-0.2, -0.15) is 5.10 Å². The largest absolute Gasteiger partial charge is 0.383 e. The SMILES string of the molecule is Nc1ncccc1-c1nc2ccc(-n3cccn3)nc2n1-c1ccc2c(c1)CC[C@@H]2NC(=O)c1ccc2[nH][nH]c(=O)c2c1. The number of carbonyl (C=O) groups is 1. The van der Waals surface area contributed by atoms with E-state index in [0.717, 1.165) is 29.7 Å². The number of pyridine rings is 2. The summed E-state index contributed by atoms with van der Waals surface area (Å²) < 4.78 is 3.69. The lowest BCUT2D eigenvalue weighted by atomic mass is 10.1. The molecule has 0 saturated carbocycles. The minimum atomic E-state index is -0.256. The Morgan fingerprint density at radius 1 is 1.00 bits per heavy atom. The van der Waals surface area contributed by atoms with Gasteiger partial charge in [-0.05, 0) is 84.6 Å². The zero-order valence-corrected chi connectivity index (χ0v) is 22.7. The zero-order chi connectivity index (χ0) is 29.1. The second-order valence-corrected chi connectivity index (χ2v) is 10.5. The van der Waals surface area contributed by atoms with Gasteiger partial charge in [0.15, 0.2) is 17.3 Å². The number of anilines is 1. The summed E-state index contributed by atoms with van der Waals surface area (Å²) >= 11 is 0. The monoisotopic (exact) mass is 568 g/mol. The summed E-state index contributed by atoms with van der Waals surface area (Å²) in [5.41, 5.74) is 12.2. The van der Waals surface area contributed by atoms with Gasteiger partial charge in [0.05, 0.1) is 22.5 Å². The number of imidazole rings is 1. The molecule has 0 spiro atoms. The molecule has 5 heterocycles. The van der Waals surface area contributed by atoms with E-state index in [1.807, 2.05) is 53.2 Å². The van der Waals surface area contributed by atoms with E-state index in [4.69, 9.17) is 15.7 Å². The fourth-order valence-electron chi connectivity index (χ4n) is 5.82. The highest BCUT2D eigenvalue weighted by Crippen LogP contribution is 2.36. The van der Waals surface area contributed by atoms with Gasteiger partial charge in [-0.3, -0.25) is 24.4 Å². The molecule has 0 unspecified atom stereocenters. The predicted molar refractivity (Wildman–Crippen MR) is 161 cm³/mol. The molecule has 210 valence electrons. The topological polar surface area (TPSA) is 165 Å². The maximum atomic E-state index is 13.2. The Bertz CT molecular complexity index is 2240. The van der Waals surface area contributed by atoms with Crippen LogP contribution in [0.3, 0.4) is 0 Å². The Labute approximate surface area is 243 Å². The number of hydrogen-bond acceptors (Lipinski definition) is 7. The minimum Gasteiger partial charge on any atom is -0.383 e. The number of nitrogens with zero attached hydrogens (tertiary/aromatic N) is 6. The molecule has 0 fully saturated rings. The van der Waals surface area contributed by atoms with E-state index in [2.05, 4.69) is 31.7 Å². The summed E-state index contributed by atoms with van der Waals surface area (Å²) in [6, 6.07) is 20.4. The summed E-state index contributed by atoms with van der Waals surface area (Å²) in [6.07, 6.45) is 6.74. The van der Waals surface area contributed by atoms with E-state index >= 15 is 0 Å². The van der Waals surface area contributed by atoms with Gasteiger partial charge in [0.1, 0.15) is 11.3 Å². The summed E-state index contributed by atoms with van der Waals surface area (Å²) in [4.78, 5) is 39.3. The molecule has 5 aromatic heterocycles. The number of hydrogen-bond donors (Lipinski definition) is 4. The molecular weight excluding hydrogens is 544 g/mol. The van der Waals surface area contributed by atoms with Crippen LogP contribution in [0.2, 0.25) is 0 Å². The molecule has 0 bridgehead atoms. The Morgan fingerprint density at radius 2 is 1.93 bits per heavy atom. The number of aromatic amines is 2. The highest BCUT2D eigenvalue weighted by molar-refractivity contribution is 5.98. The highest BCUT2D eigenvalue weighted by Gasteiger charge is 2.26. The first-order chi connectivity index (χ1) is 21.0. The maximum absolute atomic E-state index is 13.2. The molecule has 43 heavy (non-hydrogen) atoms. The number of carbonyl (C=O) groups excluding carboxylic acids is 1. The van der Waals surface area contributed by atoms with Crippen molar-refractivity contribution in [2.45, 2.75) is 18.9 Å². The third-order valence-corrected chi connectivity index (χ3v) is 7.91. The fraction of sp³-hybridized carbons (Fsp3) is 0.0968. The Hall–Kier alpha value is -6.04. The van der Waals surface area contributed by atoms with Crippen LogP contribution in [-0.2, 0) is 6.42 Å². The average Bonchev–Trinajstić information content (AvgIpc) is 3.83. The number of nitrogens with one attached hydrogen (secondary N) is 3. The normalized spacial score (nSPS) is 14.4. The second kappa shape index (κ2) is 9.52. The lowest BCUT2D eigenvalue weighted by Gasteiger charge is -2.16.